The molecule has 2 nitrogen and oxygen atoms in total. The van der Waals surface area contributed by atoms with Gasteiger partial charge in [-0.05, 0) is 23.6 Å². The molecular weight excluding hydrogens is 260 g/mol. The Balaban J connectivity index is 2.26. The minimum atomic E-state index is 0.0683. The maximum atomic E-state index is 11.1. The molecule has 0 radical (unpaired) electrons. The van der Waals surface area contributed by atoms with E-state index in [-0.39, 0.29) is 5.75 Å². The van der Waals surface area contributed by atoms with E-state index in [1.54, 1.807) is 24.3 Å². The van der Waals surface area contributed by atoms with Gasteiger partial charge in [0.05, 0.1) is 5.02 Å². The van der Waals surface area contributed by atoms with Crippen LogP contribution in [0.5, 0.6) is 5.75 Å². The number of aldehydes is 1. The number of carbonyl (C=O) groups excluding carboxylic acids is 1. The molecule has 0 aliphatic rings. The Kier molecular flexibility index (Phi) is 4.37. The van der Waals surface area contributed by atoms with Crippen molar-refractivity contribution in [2.24, 2.45) is 0 Å². The van der Waals surface area contributed by atoms with Crippen molar-refractivity contribution in [1.82, 2.24) is 0 Å². The molecular formula is C16H13ClO2. The smallest absolute Gasteiger partial charge is 0.150 e. The van der Waals surface area contributed by atoms with Crippen LogP contribution >= 0.6 is 11.6 Å². The zero-order valence-electron chi connectivity index (χ0n) is 10.2. The Morgan fingerprint density at radius 3 is 2.53 bits per heavy atom. The number of halogens is 1. The molecule has 0 aliphatic heterocycles. The standard InChI is InChI=1S/C16H13ClO2/c17-15-8-4-7-13(16(15)19)9-10-14(11-18)12-5-2-1-3-6-12/h1-8,10-11,19H,9H2. The summed E-state index contributed by atoms with van der Waals surface area (Å²) in [4.78, 5) is 11.1. The van der Waals surface area contributed by atoms with E-state index < -0.39 is 0 Å². The Bertz CT molecular complexity index is 603. The third-order valence-corrected chi connectivity index (χ3v) is 3.15. The Morgan fingerprint density at radius 1 is 1.11 bits per heavy atom. The lowest BCUT2D eigenvalue weighted by molar-refractivity contribution is -0.103. The van der Waals surface area contributed by atoms with Crippen LogP contribution in [0.25, 0.3) is 5.57 Å². The monoisotopic (exact) mass is 272 g/mol. The van der Waals surface area contributed by atoms with E-state index >= 15 is 0 Å². The van der Waals surface area contributed by atoms with Crippen molar-refractivity contribution in [2.75, 3.05) is 0 Å². The number of aromatic hydroxyl groups is 1. The van der Waals surface area contributed by atoms with Gasteiger partial charge in [-0.1, -0.05) is 60.1 Å². The molecule has 0 spiro atoms. The summed E-state index contributed by atoms with van der Waals surface area (Å²) >= 11 is 5.84. The Labute approximate surface area is 117 Å². The van der Waals surface area contributed by atoms with E-state index in [0.717, 1.165) is 11.8 Å². The van der Waals surface area contributed by atoms with Crippen LogP contribution in [0.2, 0.25) is 5.02 Å². The lowest BCUT2D eigenvalue weighted by Crippen LogP contribution is -1.89. The van der Waals surface area contributed by atoms with Gasteiger partial charge in [0.15, 0.2) is 0 Å². The second kappa shape index (κ2) is 6.21. The summed E-state index contributed by atoms with van der Waals surface area (Å²) in [5.74, 6) is 0.0683. The molecule has 0 aliphatic carbocycles. The number of phenolic OH excluding ortho intramolecular Hbond substituents is 1. The summed E-state index contributed by atoms with van der Waals surface area (Å²) in [5, 5.41) is 10.1. The van der Waals surface area contributed by atoms with E-state index in [4.69, 9.17) is 11.6 Å². The van der Waals surface area contributed by atoms with Crippen molar-refractivity contribution < 1.29 is 9.90 Å². The van der Waals surface area contributed by atoms with Gasteiger partial charge in [0.2, 0.25) is 0 Å². The average Bonchev–Trinajstić information content (AvgIpc) is 2.45. The molecule has 0 saturated heterocycles. The van der Waals surface area contributed by atoms with E-state index in [9.17, 15) is 9.90 Å². The van der Waals surface area contributed by atoms with Crippen molar-refractivity contribution in [1.29, 1.82) is 0 Å². The SMILES string of the molecule is O=CC(=CCc1cccc(Cl)c1O)c1ccccc1. The number of benzene rings is 2. The molecule has 0 saturated carbocycles. The lowest BCUT2D eigenvalue weighted by Gasteiger charge is -2.04. The van der Waals surface area contributed by atoms with Gasteiger partial charge >= 0.3 is 0 Å². The van der Waals surface area contributed by atoms with Crippen LogP contribution in [0.1, 0.15) is 11.1 Å². The molecule has 2 rings (SSSR count). The number of hydrogen-bond donors (Lipinski definition) is 1. The molecule has 2 aromatic carbocycles. The third-order valence-electron chi connectivity index (χ3n) is 2.85. The Morgan fingerprint density at radius 2 is 1.84 bits per heavy atom. The third kappa shape index (κ3) is 3.24. The summed E-state index contributed by atoms with van der Waals surface area (Å²) in [5.41, 5.74) is 2.15. The highest BCUT2D eigenvalue weighted by molar-refractivity contribution is 6.32. The highest BCUT2D eigenvalue weighted by atomic mass is 35.5. The number of para-hydroxylation sites is 1. The van der Waals surface area contributed by atoms with Gasteiger partial charge in [-0.25, -0.2) is 0 Å². The van der Waals surface area contributed by atoms with Gasteiger partial charge in [0.25, 0.3) is 0 Å². The molecule has 0 fully saturated rings. The first-order valence-corrected chi connectivity index (χ1v) is 6.27. The van der Waals surface area contributed by atoms with Crippen molar-refractivity contribution in [3.63, 3.8) is 0 Å². The highest BCUT2D eigenvalue weighted by Crippen LogP contribution is 2.28. The van der Waals surface area contributed by atoms with Gasteiger partial charge < -0.3 is 5.11 Å². The van der Waals surface area contributed by atoms with E-state index in [2.05, 4.69) is 0 Å². The first-order valence-electron chi connectivity index (χ1n) is 5.89. The van der Waals surface area contributed by atoms with E-state index in [1.807, 2.05) is 30.3 Å². The zero-order chi connectivity index (χ0) is 13.7. The molecule has 0 aromatic heterocycles. The first kappa shape index (κ1) is 13.4. The molecule has 0 atom stereocenters. The largest absolute Gasteiger partial charge is 0.506 e. The minimum Gasteiger partial charge on any atom is -0.506 e. The molecule has 0 unspecified atom stereocenters. The van der Waals surface area contributed by atoms with Crippen LogP contribution < -0.4 is 0 Å². The molecule has 3 heteroatoms. The van der Waals surface area contributed by atoms with Gasteiger partial charge in [-0.2, -0.15) is 0 Å². The number of hydrogen-bond acceptors (Lipinski definition) is 2. The maximum absolute atomic E-state index is 11.1. The lowest BCUT2D eigenvalue weighted by atomic mass is 10.0. The maximum Gasteiger partial charge on any atom is 0.150 e. The number of rotatable bonds is 4. The summed E-state index contributed by atoms with van der Waals surface area (Å²) < 4.78 is 0. The van der Waals surface area contributed by atoms with Gasteiger partial charge in [0.1, 0.15) is 12.0 Å². The number of carbonyl (C=O) groups is 1. The van der Waals surface area contributed by atoms with Crippen molar-refractivity contribution in [3.05, 3.63) is 70.8 Å². The summed E-state index contributed by atoms with van der Waals surface area (Å²) in [6, 6.07) is 14.6. The van der Waals surface area contributed by atoms with Gasteiger partial charge in [-0.15, -0.1) is 0 Å². The molecule has 2 aromatic rings. The molecule has 19 heavy (non-hydrogen) atoms. The second-order valence-electron chi connectivity index (χ2n) is 4.10. The predicted molar refractivity (Wildman–Crippen MR) is 77.3 cm³/mol. The fraction of sp³-hybridized carbons (Fsp3) is 0.0625. The molecule has 0 bridgehead atoms. The van der Waals surface area contributed by atoms with Crippen LogP contribution in [0.4, 0.5) is 0 Å². The fourth-order valence-corrected chi connectivity index (χ4v) is 2.00. The van der Waals surface area contributed by atoms with E-state index in [0.29, 0.717) is 22.6 Å². The fourth-order valence-electron chi connectivity index (χ4n) is 1.81. The van der Waals surface area contributed by atoms with Gasteiger partial charge in [0, 0.05) is 5.57 Å². The first-order chi connectivity index (χ1) is 9.22. The summed E-state index contributed by atoms with van der Waals surface area (Å²) in [7, 11) is 0. The Hall–Kier alpha value is -2.06. The predicted octanol–water partition coefficient (Wildman–Crippen LogP) is 3.87. The van der Waals surface area contributed by atoms with Crippen LogP contribution in [-0.4, -0.2) is 11.4 Å². The van der Waals surface area contributed by atoms with Crippen molar-refractivity contribution in [3.8, 4) is 5.75 Å². The van der Waals surface area contributed by atoms with Crippen LogP contribution in [-0.2, 0) is 11.2 Å². The summed E-state index contributed by atoms with van der Waals surface area (Å²) in [6.45, 7) is 0. The average molecular weight is 273 g/mol. The number of allylic oxidation sites excluding steroid dienone is 2. The van der Waals surface area contributed by atoms with Crippen molar-refractivity contribution >= 4 is 23.5 Å². The zero-order valence-corrected chi connectivity index (χ0v) is 11.0. The van der Waals surface area contributed by atoms with Crippen LogP contribution in [0.3, 0.4) is 0 Å². The number of phenols is 1. The second-order valence-corrected chi connectivity index (χ2v) is 4.50. The van der Waals surface area contributed by atoms with Gasteiger partial charge in [-0.3, -0.25) is 4.79 Å². The molecule has 1 N–H and O–H groups in total. The summed E-state index contributed by atoms with van der Waals surface area (Å²) in [6.07, 6.45) is 3.06. The van der Waals surface area contributed by atoms with E-state index in [1.165, 1.54) is 0 Å². The molecule has 0 amide bonds. The topological polar surface area (TPSA) is 37.3 Å². The van der Waals surface area contributed by atoms with Crippen molar-refractivity contribution in [2.45, 2.75) is 6.42 Å². The molecule has 96 valence electrons. The normalized spacial score (nSPS) is 11.3. The van der Waals surface area contributed by atoms with Crippen LogP contribution in [0.15, 0.2) is 54.6 Å². The highest BCUT2D eigenvalue weighted by Gasteiger charge is 2.05. The minimum absolute atomic E-state index is 0.0683. The quantitative estimate of drug-likeness (QED) is 0.678. The molecule has 0 heterocycles. The van der Waals surface area contributed by atoms with Crippen LogP contribution in [0, 0.1) is 0 Å².